The number of hydrogen-bond acceptors (Lipinski definition) is 7. The van der Waals surface area contributed by atoms with Crippen LogP contribution in [-0.2, 0) is 18.6 Å². The van der Waals surface area contributed by atoms with Gasteiger partial charge in [-0.15, -0.1) is 0 Å². The van der Waals surface area contributed by atoms with Crippen molar-refractivity contribution in [1.82, 2.24) is 0 Å². The molecule has 206 valence electrons. The molecular formula is C23H41N4O8P. The number of hydrogen-bond donors (Lipinski definition) is 6. The summed E-state index contributed by atoms with van der Waals surface area (Å²) in [5, 5.41) is 8.38. The lowest BCUT2D eigenvalue weighted by Crippen LogP contribution is -2.33. The summed E-state index contributed by atoms with van der Waals surface area (Å²) in [5.41, 5.74) is 17.5. The molecule has 0 amide bonds. The number of guanidine groups is 1. The number of aliphatic imine (C=N–C) groups is 1. The molecule has 1 aromatic rings. The zero-order chi connectivity index (χ0) is 27.5. The van der Waals surface area contributed by atoms with Crippen molar-refractivity contribution in [2.75, 3.05) is 6.54 Å². The zero-order valence-electron chi connectivity index (χ0n) is 21.4. The molecule has 0 saturated carbocycles. The Labute approximate surface area is 212 Å². The second kappa shape index (κ2) is 15.1. The van der Waals surface area contributed by atoms with Crippen LogP contribution in [0.1, 0.15) is 82.8 Å². The normalized spacial score (nSPS) is 18.8. The number of carbonyl (C=O) groups is 1. The molecule has 2 rings (SSSR count). The monoisotopic (exact) mass is 532 g/mol. The predicted molar refractivity (Wildman–Crippen MR) is 136 cm³/mol. The van der Waals surface area contributed by atoms with Crippen LogP contribution >= 0.6 is 7.82 Å². The minimum atomic E-state index is -4.57. The van der Waals surface area contributed by atoms with Crippen LogP contribution in [0.5, 0.6) is 5.75 Å². The second-order valence-corrected chi connectivity index (χ2v) is 10.3. The van der Waals surface area contributed by atoms with Crippen LogP contribution in [0.2, 0.25) is 0 Å². The number of carboxylic acid groups (broad SMARTS) is 1. The van der Waals surface area contributed by atoms with Gasteiger partial charge in [-0.1, -0.05) is 45.9 Å². The summed E-state index contributed by atoms with van der Waals surface area (Å²) < 4.78 is 27.4. The van der Waals surface area contributed by atoms with Crippen molar-refractivity contribution in [2.24, 2.45) is 22.2 Å². The fourth-order valence-corrected chi connectivity index (χ4v) is 3.93. The molecule has 1 aliphatic heterocycles. The third-order valence-electron chi connectivity index (χ3n) is 5.29. The molecule has 1 heterocycles. The van der Waals surface area contributed by atoms with Gasteiger partial charge in [0.05, 0.1) is 0 Å². The molecule has 1 aromatic carbocycles. The van der Waals surface area contributed by atoms with E-state index in [1.54, 1.807) is 0 Å². The van der Waals surface area contributed by atoms with E-state index >= 15 is 0 Å². The van der Waals surface area contributed by atoms with E-state index in [1.807, 2.05) is 18.2 Å². The number of carboxylic acids is 1. The van der Waals surface area contributed by atoms with Crippen LogP contribution in [0.4, 0.5) is 0 Å². The molecule has 1 saturated heterocycles. The molecular weight excluding hydrogens is 491 g/mol. The highest BCUT2D eigenvalue weighted by Crippen LogP contribution is 2.41. The first-order chi connectivity index (χ1) is 16.7. The van der Waals surface area contributed by atoms with Gasteiger partial charge in [0.25, 0.3) is 0 Å². The van der Waals surface area contributed by atoms with Crippen LogP contribution < -0.4 is 21.9 Å². The molecule has 3 atom stereocenters. The van der Waals surface area contributed by atoms with E-state index in [4.69, 9.17) is 41.6 Å². The van der Waals surface area contributed by atoms with Crippen LogP contribution in [0, 0.1) is 0 Å². The summed E-state index contributed by atoms with van der Waals surface area (Å²) in [6.45, 7) is 8.84. The van der Waals surface area contributed by atoms with Gasteiger partial charge in [0, 0.05) is 13.0 Å². The first-order valence-corrected chi connectivity index (χ1v) is 13.5. The van der Waals surface area contributed by atoms with E-state index in [1.165, 1.54) is 0 Å². The number of ether oxygens (including phenoxy) is 2. The van der Waals surface area contributed by atoms with Gasteiger partial charge in [0.2, 0.25) is 6.29 Å². The van der Waals surface area contributed by atoms with Gasteiger partial charge >= 0.3 is 13.8 Å². The van der Waals surface area contributed by atoms with Crippen molar-refractivity contribution in [2.45, 2.75) is 90.3 Å². The fraction of sp³-hybridized carbons (Fsp3) is 0.652. The number of para-hydroxylation sites is 1. The van der Waals surface area contributed by atoms with E-state index in [-0.39, 0.29) is 5.96 Å². The summed E-state index contributed by atoms with van der Waals surface area (Å²) >= 11 is 0. The molecule has 0 aliphatic carbocycles. The van der Waals surface area contributed by atoms with E-state index in [0.717, 1.165) is 23.3 Å². The Morgan fingerprint density at radius 3 is 2.17 bits per heavy atom. The van der Waals surface area contributed by atoms with Gasteiger partial charge in [0.15, 0.2) is 12.2 Å². The van der Waals surface area contributed by atoms with Crippen molar-refractivity contribution in [3.63, 3.8) is 0 Å². The highest BCUT2D eigenvalue weighted by molar-refractivity contribution is 7.46. The van der Waals surface area contributed by atoms with Gasteiger partial charge in [-0.2, -0.15) is 0 Å². The molecule has 0 bridgehead atoms. The SMILES string of the molecule is CC(C)c1cccc(C(C)C)c1OC1CCCC(OP(=O)(O)O)O1.NC(N)=NCCC[C@H](N)C(=O)O. The minimum absolute atomic E-state index is 0.0129. The topological polar surface area (TPSA) is 213 Å². The number of benzene rings is 1. The summed E-state index contributed by atoms with van der Waals surface area (Å²) in [6.07, 6.45) is 1.25. The molecule has 36 heavy (non-hydrogen) atoms. The quantitative estimate of drug-likeness (QED) is 0.105. The Morgan fingerprint density at radius 1 is 1.14 bits per heavy atom. The number of phosphoric acid groups is 1. The van der Waals surface area contributed by atoms with Crippen molar-refractivity contribution in [3.05, 3.63) is 29.3 Å². The largest absolute Gasteiger partial charge is 0.480 e. The maximum atomic E-state index is 11.0. The molecule has 1 aliphatic rings. The molecule has 2 unspecified atom stereocenters. The van der Waals surface area contributed by atoms with Crippen LogP contribution in [0.15, 0.2) is 23.2 Å². The van der Waals surface area contributed by atoms with E-state index in [2.05, 4.69) is 37.2 Å². The van der Waals surface area contributed by atoms with E-state index < -0.39 is 32.4 Å². The Hall–Kier alpha value is -2.21. The van der Waals surface area contributed by atoms with Gasteiger partial charge in [0.1, 0.15) is 11.8 Å². The smallest absolute Gasteiger partial charge is 0.471 e. The second-order valence-electron chi connectivity index (χ2n) is 9.11. The lowest BCUT2D eigenvalue weighted by Gasteiger charge is -2.31. The van der Waals surface area contributed by atoms with Crippen molar-refractivity contribution in [3.8, 4) is 5.75 Å². The molecule has 12 nitrogen and oxygen atoms in total. The molecule has 0 aromatic heterocycles. The highest BCUT2D eigenvalue weighted by Gasteiger charge is 2.31. The van der Waals surface area contributed by atoms with Gasteiger partial charge in [-0.25, -0.2) is 4.57 Å². The van der Waals surface area contributed by atoms with Crippen LogP contribution in [0.3, 0.4) is 0 Å². The summed E-state index contributed by atoms with van der Waals surface area (Å²) in [6, 6.07) is 5.29. The minimum Gasteiger partial charge on any atom is -0.480 e. The van der Waals surface area contributed by atoms with Gasteiger partial charge in [-0.05, 0) is 48.6 Å². The van der Waals surface area contributed by atoms with Crippen LogP contribution in [0.25, 0.3) is 0 Å². The van der Waals surface area contributed by atoms with Crippen LogP contribution in [-0.4, -0.2) is 52.0 Å². The molecule has 0 spiro atoms. The molecule has 9 N–H and O–H groups in total. The Bertz CT molecular complexity index is 876. The van der Waals surface area contributed by atoms with Crippen molar-refractivity contribution >= 4 is 19.8 Å². The number of nitrogens with zero attached hydrogens (tertiary/aromatic N) is 1. The highest BCUT2D eigenvalue weighted by atomic mass is 31.2. The number of phosphoric ester groups is 1. The predicted octanol–water partition coefficient (Wildman–Crippen LogP) is 2.73. The summed E-state index contributed by atoms with van der Waals surface area (Å²) in [4.78, 5) is 31.8. The summed E-state index contributed by atoms with van der Waals surface area (Å²) in [7, 11) is -4.57. The summed E-state index contributed by atoms with van der Waals surface area (Å²) in [5.74, 6) is 0.414. The number of rotatable bonds is 11. The lowest BCUT2D eigenvalue weighted by molar-refractivity contribution is -0.214. The van der Waals surface area contributed by atoms with Gasteiger partial charge in [-0.3, -0.25) is 14.3 Å². The first-order valence-electron chi connectivity index (χ1n) is 11.9. The Morgan fingerprint density at radius 2 is 1.69 bits per heavy atom. The first kappa shape index (κ1) is 31.8. The third-order valence-corrected chi connectivity index (χ3v) is 5.80. The molecule has 1 fully saturated rings. The number of nitrogens with two attached hydrogens (primary N) is 3. The maximum absolute atomic E-state index is 11.0. The van der Waals surface area contributed by atoms with Crippen molar-refractivity contribution < 1.29 is 38.3 Å². The lowest BCUT2D eigenvalue weighted by atomic mass is 9.94. The average molecular weight is 533 g/mol. The molecule has 13 heteroatoms. The van der Waals surface area contributed by atoms with Gasteiger partial charge < -0.3 is 41.6 Å². The number of aliphatic carboxylic acids is 1. The molecule has 0 radical (unpaired) electrons. The maximum Gasteiger partial charge on any atom is 0.471 e. The Kier molecular flexibility index (Phi) is 13.4. The standard InChI is InChI=1S/C17H27O6P.C6H14N4O2/c1-11(2)13-7-5-8-14(12(3)4)17(13)22-15-9-6-10-16(21-15)23-24(18,19)20;7-4(5(11)12)2-1-3-10-6(8)9/h5,7-8,11-12,15-16H,6,9-10H2,1-4H3,(H2,18,19,20);4H,1-3,7H2,(H,11,12)(H4,8,9,10)/t;4-/m.0/s1. The van der Waals surface area contributed by atoms with E-state index in [0.29, 0.717) is 44.1 Å². The average Bonchev–Trinajstić information content (AvgIpc) is 2.75. The van der Waals surface area contributed by atoms with E-state index in [9.17, 15) is 9.36 Å². The third kappa shape index (κ3) is 12.2. The van der Waals surface area contributed by atoms with Crippen molar-refractivity contribution in [1.29, 1.82) is 0 Å². The Balaban J connectivity index is 0.000000457. The fourth-order valence-electron chi connectivity index (χ4n) is 3.47. The zero-order valence-corrected chi connectivity index (χ0v) is 22.3.